The molecule has 0 amide bonds. The summed E-state index contributed by atoms with van der Waals surface area (Å²) in [4.78, 5) is 32.4. The van der Waals surface area contributed by atoms with Crippen LogP contribution >= 0.6 is 0 Å². The van der Waals surface area contributed by atoms with Crippen molar-refractivity contribution in [3.05, 3.63) is 35.4 Å². The molecule has 106 valence electrons. The number of carboxylic acids is 1. The first-order chi connectivity index (χ1) is 9.00. The van der Waals surface area contributed by atoms with Crippen molar-refractivity contribution in [2.24, 2.45) is 0 Å². The molecule has 1 aromatic carbocycles. The number of hydrogen-bond donors (Lipinski definition) is 1. The number of carbonyl (C=O) groups excluding carboxylic acids is 2. The number of hydrogen-bond acceptors (Lipinski definition) is 3. The Morgan fingerprint density at radius 2 is 1.37 bits per heavy atom. The molecule has 0 fully saturated rings. The summed E-state index contributed by atoms with van der Waals surface area (Å²) in [5.41, 5.74) is 1.35. The van der Waals surface area contributed by atoms with E-state index >= 15 is 0 Å². The van der Waals surface area contributed by atoms with Crippen LogP contribution < -0.4 is 0 Å². The van der Waals surface area contributed by atoms with E-state index in [1.54, 1.807) is 24.3 Å². The Labute approximate surface area is 114 Å². The van der Waals surface area contributed by atoms with E-state index < -0.39 is 24.0 Å². The van der Waals surface area contributed by atoms with E-state index in [1.165, 1.54) is 0 Å². The summed E-state index contributed by atoms with van der Waals surface area (Å²) in [6.45, 7) is 9.87. The second-order valence-electron chi connectivity index (χ2n) is 3.19. The molecule has 4 nitrogen and oxygen atoms in total. The molecule has 1 N–H and O–H groups in total. The fourth-order valence-electron chi connectivity index (χ4n) is 1.06. The quantitative estimate of drug-likeness (QED) is 0.515. The zero-order valence-corrected chi connectivity index (χ0v) is 12.2. The van der Waals surface area contributed by atoms with Gasteiger partial charge in [-0.1, -0.05) is 57.5 Å². The maximum absolute atomic E-state index is 11.4. The lowest BCUT2D eigenvalue weighted by molar-refractivity contribution is -0.148. The molecule has 0 bridgehead atoms. The van der Waals surface area contributed by atoms with E-state index in [4.69, 9.17) is 5.11 Å². The third-order valence-electron chi connectivity index (χ3n) is 1.93. The van der Waals surface area contributed by atoms with Gasteiger partial charge >= 0.3 is 5.97 Å². The minimum atomic E-state index is -1.57. The smallest absolute Gasteiger partial charge is 0.372 e. The Hall–Kier alpha value is -1.97. The van der Waals surface area contributed by atoms with Crippen LogP contribution in [0.4, 0.5) is 0 Å². The summed E-state index contributed by atoms with van der Waals surface area (Å²) in [6, 6.07) is 6.62. The first-order valence-corrected chi connectivity index (χ1v) is 6.36. The average Bonchev–Trinajstić information content (AvgIpc) is 2.43. The van der Waals surface area contributed by atoms with Gasteiger partial charge in [-0.05, 0) is 6.92 Å². The lowest BCUT2D eigenvalue weighted by Crippen LogP contribution is -2.17. The Morgan fingerprint density at radius 3 is 1.74 bits per heavy atom. The van der Waals surface area contributed by atoms with Gasteiger partial charge in [0.2, 0.25) is 5.78 Å². The molecule has 0 saturated carbocycles. The van der Waals surface area contributed by atoms with Crippen molar-refractivity contribution in [2.75, 3.05) is 0 Å². The molecule has 0 aliphatic carbocycles. The van der Waals surface area contributed by atoms with Gasteiger partial charge in [-0.15, -0.1) is 0 Å². The van der Waals surface area contributed by atoms with Gasteiger partial charge < -0.3 is 5.11 Å². The number of carbonyl (C=O) groups is 3. The molecule has 0 saturated heterocycles. The maximum atomic E-state index is 11.4. The maximum Gasteiger partial charge on any atom is 0.372 e. The van der Waals surface area contributed by atoms with Crippen LogP contribution in [0, 0.1) is 6.92 Å². The molecule has 1 rings (SSSR count). The summed E-state index contributed by atoms with van der Waals surface area (Å²) in [5, 5.41) is 8.32. The number of aliphatic carboxylic acids is 1. The molecule has 0 unspecified atom stereocenters. The van der Waals surface area contributed by atoms with Gasteiger partial charge in [0.15, 0.2) is 5.78 Å². The molecule has 0 atom stereocenters. The average molecular weight is 266 g/mol. The van der Waals surface area contributed by atoms with Gasteiger partial charge in [0.05, 0.1) is 6.42 Å². The van der Waals surface area contributed by atoms with Crippen molar-refractivity contribution in [1.29, 1.82) is 0 Å². The highest BCUT2D eigenvalue weighted by atomic mass is 16.4. The van der Waals surface area contributed by atoms with Crippen molar-refractivity contribution >= 4 is 17.5 Å². The summed E-state index contributed by atoms with van der Waals surface area (Å²) >= 11 is 0. The van der Waals surface area contributed by atoms with Crippen molar-refractivity contribution in [2.45, 2.75) is 41.0 Å². The Kier molecular flexibility index (Phi) is 11.4. The van der Waals surface area contributed by atoms with Crippen LogP contribution in [-0.4, -0.2) is 22.6 Å². The zero-order valence-electron chi connectivity index (χ0n) is 12.2. The Bertz CT molecular complexity index is 405. The summed E-state index contributed by atoms with van der Waals surface area (Å²) in [5.74, 6) is -3.13. The molecule has 0 aromatic heterocycles. The summed E-state index contributed by atoms with van der Waals surface area (Å²) in [7, 11) is 0. The van der Waals surface area contributed by atoms with Gasteiger partial charge in [-0.3, -0.25) is 9.59 Å². The SMILES string of the molecule is CC.CC.Cc1ccc(C(=O)CC(=O)C(=O)O)cc1. The van der Waals surface area contributed by atoms with Crippen molar-refractivity contribution in [1.82, 2.24) is 0 Å². The number of benzene rings is 1. The van der Waals surface area contributed by atoms with Crippen molar-refractivity contribution in [3.8, 4) is 0 Å². The van der Waals surface area contributed by atoms with Crippen LogP contribution in [0.2, 0.25) is 0 Å². The van der Waals surface area contributed by atoms with E-state index in [2.05, 4.69) is 0 Å². The van der Waals surface area contributed by atoms with Gasteiger partial charge in [0, 0.05) is 5.56 Å². The Balaban J connectivity index is 0. The molecule has 0 heterocycles. The van der Waals surface area contributed by atoms with Crippen LogP contribution in [0.1, 0.15) is 50.0 Å². The summed E-state index contributed by atoms with van der Waals surface area (Å²) in [6.07, 6.45) is -0.585. The molecule has 0 aliphatic rings. The van der Waals surface area contributed by atoms with Gasteiger partial charge in [0.1, 0.15) is 0 Å². The third kappa shape index (κ3) is 7.86. The lowest BCUT2D eigenvalue weighted by Gasteiger charge is -1.98. The van der Waals surface area contributed by atoms with Crippen LogP contribution in [0.15, 0.2) is 24.3 Å². The lowest BCUT2D eigenvalue weighted by atomic mass is 10.0. The zero-order chi connectivity index (χ0) is 15.4. The first-order valence-electron chi connectivity index (χ1n) is 6.36. The van der Waals surface area contributed by atoms with Crippen LogP contribution in [-0.2, 0) is 9.59 Å². The number of carboxylic acid groups (broad SMARTS) is 1. The Morgan fingerprint density at radius 1 is 0.947 bits per heavy atom. The van der Waals surface area contributed by atoms with E-state index in [0.717, 1.165) is 5.56 Å². The minimum Gasteiger partial charge on any atom is -0.475 e. The van der Waals surface area contributed by atoms with Crippen LogP contribution in [0.3, 0.4) is 0 Å². The largest absolute Gasteiger partial charge is 0.475 e. The molecule has 4 heteroatoms. The molecular weight excluding hydrogens is 244 g/mol. The predicted molar refractivity (Wildman–Crippen MR) is 75.5 cm³/mol. The normalized spacial score (nSPS) is 8.26. The second-order valence-corrected chi connectivity index (χ2v) is 3.19. The number of aryl methyl sites for hydroxylation is 1. The van der Waals surface area contributed by atoms with Crippen molar-refractivity contribution < 1.29 is 19.5 Å². The van der Waals surface area contributed by atoms with E-state index in [1.807, 2.05) is 34.6 Å². The van der Waals surface area contributed by atoms with Crippen molar-refractivity contribution in [3.63, 3.8) is 0 Å². The summed E-state index contributed by atoms with van der Waals surface area (Å²) < 4.78 is 0. The first kappa shape index (κ1) is 19.4. The second kappa shape index (κ2) is 11.1. The molecule has 19 heavy (non-hydrogen) atoms. The highest BCUT2D eigenvalue weighted by Gasteiger charge is 2.17. The third-order valence-corrected chi connectivity index (χ3v) is 1.93. The van der Waals surface area contributed by atoms with E-state index in [9.17, 15) is 14.4 Å². The van der Waals surface area contributed by atoms with Gasteiger partial charge in [0.25, 0.3) is 0 Å². The van der Waals surface area contributed by atoms with Gasteiger partial charge in [-0.2, -0.15) is 0 Å². The molecule has 1 aromatic rings. The molecule has 0 aliphatic heterocycles. The monoisotopic (exact) mass is 266 g/mol. The number of ketones is 2. The fourth-order valence-corrected chi connectivity index (χ4v) is 1.06. The van der Waals surface area contributed by atoms with E-state index in [-0.39, 0.29) is 0 Å². The van der Waals surface area contributed by atoms with E-state index in [0.29, 0.717) is 5.56 Å². The standard InChI is InChI=1S/C11H10O4.2C2H6/c1-7-2-4-8(5-3-7)9(12)6-10(13)11(14)15;2*1-2/h2-5H,6H2,1H3,(H,14,15);2*1-2H3. The molecular formula is C15H22O4. The number of Topliss-reactive ketones (excluding diaryl/α,β-unsaturated/α-hetero) is 2. The number of rotatable bonds is 4. The minimum absolute atomic E-state index is 0.357. The predicted octanol–water partition coefficient (Wildman–Crippen LogP) is 3.27. The molecule has 0 radical (unpaired) electrons. The highest BCUT2D eigenvalue weighted by Crippen LogP contribution is 2.06. The topological polar surface area (TPSA) is 71.4 Å². The fraction of sp³-hybridized carbons (Fsp3) is 0.400. The molecule has 0 spiro atoms. The van der Waals surface area contributed by atoms with Gasteiger partial charge in [-0.25, -0.2) is 4.79 Å². The van der Waals surface area contributed by atoms with Crippen LogP contribution in [0.25, 0.3) is 0 Å². The van der Waals surface area contributed by atoms with Crippen LogP contribution in [0.5, 0.6) is 0 Å². The highest BCUT2D eigenvalue weighted by molar-refractivity contribution is 6.37.